The second-order valence-electron chi connectivity index (χ2n) is 2.74. The highest BCUT2D eigenvalue weighted by atomic mass is 14.9. The topological polar surface area (TPSA) is 28.7 Å². The molecule has 1 aromatic heterocycles. The standard InChI is InChI=1S/C10H10N2.C2H6/c1-8-10(12-7-11-8)9-5-3-2-4-6-9;1-2/h2-7H,1H3,(H,11,12);1-2H3. The molecule has 1 aromatic carbocycles. The van der Waals surface area contributed by atoms with Crippen LogP contribution in [0.25, 0.3) is 11.3 Å². The number of nitrogens with zero attached hydrogens (tertiary/aromatic N) is 1. The molecule has 0 saturated heterocycles. The van der Waals surface area contributed by atoms with Crippen molar-refractivity contribution >= 4 is 0 Å². The lowest BCUT2D eigenvalue weighted by molar-refractivity contribution is 1.25. The molecule has 1 heterocycles. The van der Waals surface area contributed by atoms with Gasteiger partial charge < -0.3 is 4.98 Å². The van der Waals surface area contributed by atoms with Crippen LogP contribution < -0.4 is 0 Å². The molecule has 2 nitrogen and oxygen atoms in total. The molecular weight excluding hydrogens is 172 g/mol. The first-order valence-electron chi connectivity index (χ1n) is 4.93. The average molecular weight is 188 g/mol. The van der Waals surface area contributed by atoms with E-state index in [1.165, 1.54) is 0 Å². The van der Waals surface area contributed by atoms with Crippen molar-refractivity contribution in [2.24, 2.45) is 0 Å². The van der Waals surface area contributed by atoms with Crippen LogP contribution in [0.15, 0.2) is 36.7 Å². The number of H-pyrrole nitrogens is 1. The molecule has 2 aromatic rings. The number of aryl methyl sites for hydroxylation is 1. The van der Waals surface area contributed by atoms with Crippen LogP contribution in [-0.4, -0.2) is 9.97 Å². The minimum absolute atomic E-state index is 1.04. The molecule has 0 spiro atoms. The van der Waals surface area contributed by atoms with Crippen LogP contribution in [0.5, 0.6) is 0 Å². The van der Waals surface area contributed by atoms with Crippen molar-refractivity contribution in [2.45, 2.75) is 20.8 Å². The van der Waals surface area contributed by atoms with Crippen LogP contribution in [-0.2, 0) is 0 Å². The smallest absolute Gasteiger partial charge is 0.0929 e. The Bertz CT molecular complexity index is 363. The number of hydrogen-bond donors (Lipinski definition) is 1. The van der Waals surface area contributed by atoms with Gasteiger partial charge in [0.2, 0.25) is 0 Å². The molecule has 0 aliphatic heterocycles. The number of aromatic amines is 1. The van der Waals surface area contributed by atoms with Crippen LogP contribution >= 0.6 is 0 Å². The zero-order valence-electron chi connectivity index (χ0n) is 8.91. The lowest BCUT2D eigenvalue weighted by Crippen LogP contribution is -1.79. The maximum atomic E-state index is 4.23. The summed E-state index contributed by atoms with van der Waals surface area (Å²) in [5.41, 5.74) is 3.31. The summed E-state index contributed by atoms with van der Waals surface area (Å²) in [6, 6.07) is 10.2. The number of hydrogen-bond acceptors (Lipinski definition) is 1. The fourth-order valence-corrected chi connectivity index (χ4v) is 1.25. The van der Waals surface area contributed by atoms with Gasteiger partial charge >= 0.3 is 0 Å². The van der Waals surface area contributed by atoms with Crippen LogP contribution in [0.2, 0.25) is 0 Å². The van der Waals surface area contributed by atoms with Gasteiger partial charge in [0.15, 0.2) is 0 Å². The van der Waals surface area contributed by atoms with E-state index < -0.39 is 0 Å². The number of imidazole rings is 1. The highest BCUT2D eigenvalue weighted by Crippen LogP contribution is 2.18. The van der Waals surface area contributed by atoms with E-state index >= 15 is 0 Å². The first-order valence-corrected chi connectivity index (χ1v) is 4.93. The lowest BCUT2D eigenvalue weighted by Gasteiger charge is -1.96. The number of nitrogens with one attached hydrogen (secondary N) is 1. The number of rotatable bonds is 1. The highest BCUT2D eigenvalue weighted by Gasteiger charge is 2.01. The van der Waals surface area contributed by atoms with E-state index in [0.717, 1.165) is 17.0 Å². The van der Waals surface area contributed by atoms with E-state index in [-0.39, 0.29) is 0 Å². The van der Waals surface area contributed by atoms with Gasteiger partial charge in [-0.25, -0.2) is 4.98 Å². The third kappa shape index (κ3) is 2.22. The largest absolute Gasteiger partial charge is 0.348 e. The molecule has 0 bridgehead atoms. The van der Waals surface area contributed by atoms with Crippen molar-refractivity contribution in [3.05, 3.63) is 42.4 Å². The highest BCUT2D eigenvalue weighted by molar-refractivity contribution is 5.60. The van der Waals surface area contributed by atoms with Gasteiger partial charge in [-0.15, -0.1) is 0 Å². The Hall–Kier alpha value is -1.57. The van der Waals surface area contributed by atoms with Gasteiger partial charge in [-0.05, 0) is 6.92 Å². The summed E-state index contributed by atoms with van der Waals surface area (Å²) in [6.45, 7) is 6.02. The third-order valence-corrected chi connectivity index (χ3v) is 1.88. The molecule has 0 aliphatic rings. The van der Waals surface area contributed by atoms with Crippen molar-refractivity contribution in [1.29, 1.82) is 0 Å². The predicted molar refractivity (Wildman–Crippen MR) is 60.1 cm³/mol. The van der Waals surface area contributed by atoms with Gasteiger partial charge in [0.1, 0.15) is 0 Å². The summed E-state index contributed by atoms with van der Waals surface area (Å²) in [5.74, 6) is 0. The third-order valence-electron chi connectivity index (χ3n) is 1.88. The molecule has 1 N–H and O–H groups in total. The van der Waals surface area contributed by atoms with E-state index in [2.05, 4.69) is 22.1 Å². The minimum Gasteiger partial charge on any atom is -0.348 e. The van der Waals surface area contributed by atoms with E-state index in [1.54, 1.807) is 6.33 Å². The van der Waals surface area contributed by atoms with E-state index in [4.69, 9.17) is 0 Å². The lowest BCUT2D eigenvalue weighted by atomic mass is 10.1. The molecule has 14 heavy (non-hydrogen) atoms. The summed E-state index contributed by atoms with van der Waals surface area (Å²) < 4.78 is 0. The molecule has 2 rings (SSSR count). The molecule has 74 valence electrons. The van der Waals surface area contributed by atoms with E-state index in [0.29, 0.717) is 0 Å². The molecule has 0 aliphatic carbocycles. The van der Waals surface area contributed by atoms with Crippen LogP contribution in [0.1, 0.15) is 19.5 Å². The Morgan fingerprint density at radius 3 is 2.21 bits per heavy atom. The average Bonchev–Trinajstić information content (AvgIpc) is 2.69. The maximum absolute atomic E-state index is 4.23. The zero-order chi connectivity index (χ0) is 10.4. The van der Waals surface area contributed by atoms with Gasteiger partial charge in [-0.1, -0.05) is 44.2 Å². The molecule has 0 radical (unpaired) electrons. The Labute approximate surface area is 85.0 Å². The predicted octanol–water partition coefficient (Wildman–Crippen LogP) is 3.41. The summed E-state index contributed by atoms with van der Waals surface area (Å²) in [6.07, 6.45) is 1.72. The quantitative estimate of drug-likeness (QED) is 0.730. The van der Waals surface area contributed by atoms with E-state index in [9.17, 15) is 0 Å². The normalized spacial score (nSPS) is 9.07. The first-order chi connectivity index (χ1) is 6.88. The Kier molecular flexibility index (Phi) is 3.92. The van der Waals surface area contributed by atoms with E-state index in [1.807, 2.05) is 39.0 Å². The molecular formula is C12H16N2. The number of aromatic nitrogens is 2. The van der Waals surface area contributed by atoms with Crippen LogP contribution in [0.3, 0.4) is 0 Å². The molecule has 0 fully saturated rings. The molecule has 0 saturated carbocycles. The van der Waals surface area contributed by atoms with Gasteiger partial charge in [0.05, 0.1) is 12.0 Å². The van der Waals surface area contributed by atoms with Gasteiger partial charge in [0.25, 0.3) is 0 Å². The molecule has 2 heteroatoms. The van der Waals surface area contributed by atoms with Crippen molar-refractivity contribution in [3.8, 4) is 11.3 Å². The fraction of sp³-hybridized carbons (Fsp3) is 0.250. The van der Waals surface area contributed by atoms with Gasteiger partial charge in [-0.2, -0.15) is 0 Å². The van der Waals surface area contributed by atoms with Gasteiger partial charge in [-0.3, -0.25) is 0 Å². The second kappa shape index (κ2) is 5.22. The summed E-state index contributed by atoms with van der Waals surface area (Å²) in [4.78, 5) is 7.29. The van der Waals surface area contributed by atoms with Crippen LogP contribution in [0.4, 0.5) is 0 Å². The summed E-state index contributed by atoms with van der Waals surface area (Å²) in [5, 5.41) is 0. The van der Waals surface area contributed by atoms with Crippen molar-refractivity contribution < 1.29 is 0 Å². The van der Waals surface area contributed by atoms with Crippen molar-refractivity contribution in [3.63, 3.8) is 0 Å². The Balaban J connectivity index is 0.000000461. The molecule has 0 unspecified atom stereocenters. The van der Waals surface area contributed by atoms with Crippen molar-refractivity contribution in [2.75, 3.05) is 0 Å². The monoisotopic (exact) mass is 188 g/mol. The maximum Gasteiger partial charge on any atom is 0.0929 e. The Morgan fingerprint density at radius 2 is 1.71 bits per heavy atom. The van der Waals surface area contributed by atoms with Crippen LogP contribution in [0, 0.1) is 6.92 Å². The fourth-order valence-electron chi connectivity index (χ4n) is 1.25. The van der Waals surface area contributed by atoms with Gasteiger partial charge in [0, 0.05) is 11.3 Å². The van der Waals surface area contributed by atoms with Crippen molar-refractivity contribution in [1.82, 2.24) is 9.97 Å². The second-order valence-corrected chi connectivity index (χ2v) is 2.74. The molecule has 0 atom stereocenters. The zero-order valence-corrected chi connectivity index (χ0v) is 8.91. The SMILES string of the molecule is CC.Cc1[nH]cnc1-c1ccccc1. The summed E-state index contributed by atoms with van der Waals surface area (Å²) >= 11 is 0. The Morgan fingerprint density at radius 1 is 1.07 bits per heavy atom. The summed E-state index contributed by atoms with van der Waals surface area (Å²) in [7, 11) is 0. The number of benzene rings is 1. The minimum atomic E-state index is 1.04. The first kappa shape index (κ1) is 10.5. The molecule has 0 amide bonds.